The van der Waals surface area contributed by atoms with Crippen LogP contribution in [0.25, 0.3) is 0 Å². The van der Waals surface area contributed by atoms with Crippen LogP contribution >= 0.6 is 0 Å². The Labute approximate surface area is 175 Å². The van der Waals surface area contributed by atoms with Gasteiger partial charge in [-0.25, -0.2) is 5.43 Å². The highest BCUT2D eigenvalue weighted by atomic mass is 16.3. The van der Waals surface area contributed by atoms with Gasteiger partial charge in [-0.3, -0.25) is 9.59 Å². The van der Waals surface area contributed by atoms with Gasteiger partial charge in [0.2, 0.25) is 0 Å². The van der Waals surface area contributed by atoms with Gasteiger partial charge in [0, 0.05) is 16.8 Å². The molecule has 152 valence electrons. The predicted molar refractivity (Wildman–Crippen MR) is 118 cm³/mol. The molecule has 0 fully saturated rings. The molecule has 3 rings (SSSR count). The maximum Gasteiger partial charge on any atom is 0.271 e. The van der Waals surface area contributed by atoms with Crippen molar-refractivity contribution in [3.8, 4) is 5.75 Å². The number of aromatic hydroxyl groups is 1. The van der Waals surface area contributed by atoms with Crippen LogP contribution in [0.2, 0.25) is 0 Å². The fraction of sp³-hybridized carbons (Fsp3) is 0.125. The molecule has 6 nitrogen and oxygen atoms in total. The fourth-order valence-electron chi connectivity index (χ4n) is 2.88. The molecule has 0 bridgehead atoms. The van der Waals surface area contributed by atoms with Crippen LogP contribution in [-0.4, -0.2) is 22.6 Å². The van der Waals surface area contributed by atoms with Crippen LogP contribution in [0.5, 0.6) is 5.75 Å². The van der Waals surface area contributed by atoms with E-state index < -0.39 is 0 Å². The first-order valence-electron chi connectivity index (χ1n) is 9.60. The highest BCUT2D eigenvalue weighted by Crippen LogP contribution is 2.14. The van der Waals surface area contributed by atoms with Crippen molar-refractivity contribution in [2.45, 2.75) is 20.3 Å². The molecule has 0 aromatic heterocycles. The smallest absolute Gasteiger partial charge is 0.271 e. The summed E-state index contributed by atoms with van der Waals surface area (Å²) in [6.07, 6.45) is 0.620. The van der Waals surface area contributed by atoms with Crippen LogP contribution in [0.1, 0.15) is 45.2 Å². The number of phenols is 1. The molecule has 6 heteroatoms. The van der Waals surface area contributed by atoms with E-state index in [0.29, 0.717) is 28.9 Å². The van der Waals surface area contributed by atoms with Crippen LogP contribution in [-0.2, 0) is 0 Å². The van der Waals surface area contributed by atoms with Crippen molar-refractivity contribution < 1.29 is 14.7 Å². The van der Waals surface area contributed by atoms with Crippen LogP contribution in [0.3, 0.4) is 0 Å². The lowest BCUT2D eigenvalue weighted by atomic mass is 10.1. The molecular formula is C24H23N3O3. The monoisotopic (exact) mass is 401 g/mol. The minimum absolute atomic E-state index is 0.174. The van der Waals surface area contributed by atoms with E-state index in [-0.39, 0.29) is 17.6 Å². The molecule has 0 radical (unpaired) electrons. The molecule has 0 heterocycles. The Kier molecular flexibility index (Phi) is 6.60. The van der Waals surface area contributed by atoms with Crippen LogP contribution in [0.15, 0.2) is 77.9 Å². The van der Waals surface area contributed by atoms with Crippen molar-refractivity contribution in [3.63, 3.8) is 0 Å². The van der Waals surface area contributed by atoms with Crippen LogP contribution in [0, 0.1) is 6.92 Å². The zero-order valence-electron chi connectivity index (χ0n) is 16.8. The van der Waals surface area contributed by atoms with E-state index in [0.717, 1.165) is 11.1 Å². The van der Waals surface area contributed by atoms with Gasteiger partial charge in [-0.1, -0.05) is 24.6 Å². The number of hydrogen-bond acceptors (Lipinski definition) is 4. The molecule has 0 aliphatic rings. The maximum atomic E-state index is 12.4. The lowest BCUT2D eigenvalue weighted by Crippen LogP contribution is -2.20. The number of rotatable bonds is 6. The molecule has 3 N–H and O–H groups in total. The van der Waals surface area contributed by atoms with Crippen molar-refractivity contribution in [1.29, 1.82) is 0 Å². The molecule has 0 saturated carbocycles. The quantitative estimate of drug-likeness (QED) is 0.420. The zero-order chi connectivity index (χ0) is 21.5. The van der Waals surface area contributed by atoms with Gasteiger partial charge < -0.3 is 10.4 Å². The Hall–Kier alpha value is -3.93. The first-order chi connectivity index (χ1) is 14.5. The maximum absolute atomic E-state index is 12.4. The van der Waals surface area contributed by atoms with E-state index in [9.17, 15) is 14.7 Å². The molecule has 0 unspecified atom stereocenters. The van der Waals surface area contributed by atoms with E-state index in [1.54, 1.807) is 54.6 Å². The Morgan fingerprint density at radius 3 is 2.17 bits per heavy atom. The number of nitrogens with zero attached hydrogens (tertiary/aromatic N) is 1. The SMILES string of the molecule is CC/C(=N\NC(=O)c1ccc(NC(=O)c2cccc(C)c2)cc1)c1ccc(O)cc1. The number of carbonyl (C=O) groups is 2. The molecule has 0 aliphatic carbocycles. The molecule has 0 saturated heterocycles. The number of hydrazone groups is 1. The van der Waals surface area contributed by atoms with Crippen molar-refractivity contribution in [2.24, 2.45) is 5.10 Å². The third kappa shape index (κ3) is 5.32. The number of carbonyl (C=O) groups excluding carboxylic acids is 2. The van der Waals surface area contributed by atoms with E-state index in [2.05, 4.69) is 15.8 Å². The zero-order valence-corrected chi connectivity index (χ0v) is 16.8. The summed E-state index contributed by atoms with van der Waals surface area (Å²) in [4.78, 5) is 24.7. The average Bonchev–Trinajstić information content (AvgIpc) is 2.75. The Morgan fingerprint density at radius 1 is 0.867 bits per heavy atom. The molecule has 30 heavy (non-hydrogen) atoms. The average molecular weight is 401 g/mol. The lowest BCUT2D eigenvalue weighted by Gasteiger charge is -2.08. The summed E-state index contributed by atoms with van der Waals surface area (Å²) in [6.45, 7) is 3.86. The van der Waals surface area contributed by atoms with Gasteiger partial charge in [-0.05, 0) is 79.6 Å². The summed E-state index contributed by atoms with van der Waals surface area (Å²) in [6, 6.07) is 20.6. The van der Waals surface area contributed by atoms with Crippen LogP contribution < -0.4 is 10.7 Å². The molecule has 0 aliphatic heterocycles. The number of amides is 2. The molecule has 0 spiro atoms. The number of anilines is 1. The van der Waals surface area contributed by atoms with E-state index in [1.807, 2.05) is 32.0 Å². The lowest BCUT2D eigenvalue weighted by molar-refractivity contribution is 0.0954. The Morgan fingerprint density at radius 2 is 1.53 bits per heavy atom. The normalized spacial score (nSPS) is 11.1. The van der Waals surface area contributed by atoms with Gasteiger partial charge in [-0.15, -0.1) is 0 Å². The number of nitrogens with one attached hydrogen (secondary N) is 2. The second kappa shape index (κ2) is 9.52. The molecule has 3 aromatic rings. The Bertz CT molecular complexity index is 1070. The third-order valence-corrected chi connectivity index (χ3v) is 4.51. The fourth-order valence-corrected chi connectivity index (χ4v) is 2.88. The third-order valence-electron chi connectivity index (χ3n) is 4.51. The first-order valence-corrected chi connectivity index (χ1v) is 9.60. The second-order valence-corrected chi connectivity index (χ2v) is 6.80. The molecule has 2 amide bonds. The topological polar surface area (TPSA) is 90.8 Å². The highest BCUT2D eigenvalue weighted by molar-refractivity contribution is 6.05. The largest absolute Gasteiger partial charge is 0.508 e. The summed E-state index contributed by atoms with van der Waals surface area (Å²) in [5, 5.41) is 16.4. The minimum atomic E-state index is -0.351. The van der Waals surface area contributed by atoms with Crippen molar-refractivity contribution >= 4 is 23.2 Å². The van der Waals surface area contributed by atoms with Crippen molar-refractivity contribution in [2.75, 3.05) is 5.32 Å². The molecular weight excluding hydrogens is 378 g/mol. The van der Waals surface area contributed by atoms with Gasteiger partial charge in [0.1, 0.15) is 5.75 Å². The molecule has 3 aromatic carbocycles. The summed E-state index contributed by atoms with van der Waals surface area (Å²) in [5.74, 6) is -0.383. The predicted octanol–water partition coefficient (Wildman–Crippen LogP) is 4.50. The Balaban J connectivity index is 1.64. The number of phenolic OH excluding ortho intramolecular Hbond substituents is 1. The van der Waals surface area contributed by atoms with Crippen molar-refractivity contribution in [1.82, 2.24) is 5.43 Å². The summed E-state index contributed by atoms with van der Waals surface area (Å²) in [5.41, 5.74) is 6.68. The van der Waals surface area contributed by atoms with E-state index in [4.69, 9.17) is 0 Å². The summed E-state index contributed by atoms with van der Waals surface area (Å²) >= 11 is 0. The highest BCUT2D eigenvalue weighted by Gasteiger charge is 2.09. The van der Waals surface area contributed by atoms with Gasteiger partial charge in [0.15, 0.2) is 0 Å². The number of hydrogen-bond donors (Lipinski definition) is 3. The molecule has 0 atom stereocenters. The summed E-state index contributed by atoms with van der Waals surface area (Å²) < 4.78 is 0. The minimum Gasteiger partial charge on any atom is -0.508 e. The van der Waals surface area contributed by atoms with Gasteiger partial charge in [0.25, 0.3) is 11.8 Å². The summed E-state index contributed by atoms with van der Waals surface area (Å²) in [7, 11) is 0. The van der Waals surface area contributed by atoms with E-state index >= 15 is 0 Å². The van der Waals surface area contributed by atoms with Gasteiger partial charge >= 0.3 is 0 Å². The van der Waals surface area contributed by atoms with Crippen molar-refractivity contribution in [3.05, 3.63) is 95.1 Å². The van der Waals surface area contributed by atoms with Gasteiger partial charge in [0.05, 0.1) is 5.71 Å². The standard InChI is InChI=1S/C24H23N3O3/c1-3-22(17-9-13-21(28)14-10-17)26-27-24(30)18-7-11-20(12-8-18)25-23(29)19-6-4-5-16(2)15-19/h4-15,28H,3H2,1-2H3,(H,25,29)(H,27,30)/b26-22+. The number of benzene rings is 3. The van der Waals surface area contributed by atoms with E-state index in [1.165, 1.54) is 0 Å². The first kappa shape index (κ1) is 20.8. The number of aryl methyl sites for hydroxylation is 1. The second-order valence-electron chi connectivity index (χ2n) is 6.80. The van der Waals surface area contributed by atoms with Gasteiger partial charge in [-0.2, -0.15) is 5.10 Å². The van der Waals surface area contributed by atoms with Crippen LogP contribution in [0.4, 0.5) is 5.69 Å².